The second kappa shape index (κ2) is 7.69. The van der Waals surface area contributed by atoms with Gasteiger partial charge in [-0.05, 0) is 24.1 Å². The quantitative estimate of drug-likeness (QED) is 0.504. The first kappa shape index (κ1) is 16.2. The molecule has 0 saturated heterocycles. The van der Waals surface area contributed by atoms with Gasteiger partial charge in [-0.25, -0.2) is 0 Å². The third-order valence-electron chi connectivity index (χ3n) is 2.99. The Bertz CT molecular complexity index is 744. The number of nitrogens with zero attached hydrogens (tertiary/aromatic N) is 2. The summed E-state index contributed by atoms with van der Waals surface area (Å²) in [5.74, 6) is -0.451. The summed E-state index contributed by atoms with van der Waals surface area (Å²) in [6.45, 7) is 1.65. The van der Waals surface area contributed by atoms with Crippen LogP contribution in [0.15, 0.2) is 53.7 Å². The number of oxime groups is 1. The van der Waals surface area contributed by atoms with E-state index in [1.54, 1.807) is 6.07 Å². The fraction of sp³-hybridized carbons (Fsp3) is 0.125. The van der Waals surface area contributed by atoms with Gasteiger partial charge in [-0.1, -0.05) is 35.5 Å². The van der Waals surface area contributed by atoms with Crippen molar-refractivity contribution < 1.29 is 14.6 Å². The normalized spacial score (nSPS) is 10.5. The average Bonchev–Trinajstić information content (AvgIpc) is 2.53. The van der Waals surface area contributed by atoms with Crippen molar-refractivity contribution >= 4 is 23.5 Å². The van der Waals surface area contributed by atoms with Crippen LogP contribution in [-0.2, 0) is 9.63 Å². The lowest BCUT2D eigenvalue weighted by molar-refractivity contribution is -0.384. The van der Waals surface area contributed by atoms with Crippen LogP contribution in [0.2, 0.25) is 0 Å². The second-order valence-electron chi connectivity index (χ2n) is 4.72. The summed E-state index contributed by atoms with van der Waals surface area (Å²) in [5, 5.41) is 16.9. The lowest BCUT2D eigenvalue weighted by atomic mass is 10.1. The molecule has 0 spiro atoms. The van der Waals surface area contributed by atoms with Gasteiger partial charge in [-0.2, -0.15) is 0 Å². The van der Waals surface area contributed by atoms with Crippen LogP contribution < -0.4 is 5.32 Å². The lowest BCUT2D eigenvalue weighted by Gasteiger charge is -2.04. The highest BCUT2D eigenvalue weighted by molar-refractivity contribution is 5.92. The molecule has 0 fully saturated rings. The molecule has 0 aliphatic rings. The van der Waals surface area contributed by atoms with E-state index >= 15 is 0 Å². The molecule has 7 heteroatoms. The SMILES string of the molecule is Cc1ccccc1/C=N\OCC(=O)Nc1cccc([N+](=O)[O-])c1. The van der Waals surface area contributed by atoms with Gasteiger partial charge in [-0.15, -0.1) is 0 Å². The van der Waals surface area contributed by atoms with Gasteiger partial charge in [-0.3, -0.25) is 14.9 Å². The fourth-order valence-electron chi connectivity index (χ4n) is 1.82. The molecule has 2 aromatic carbocycles. The number of anilines is 1. The van der Waals surface area contributed by atoms with Gasteiger partial charge in [0.25, 0.3) is 11.6 Å². The number of rotatable bonds is 6. The van der Waals surface area contributed by atoms with E-state index in [4.69, 9.17) is 4.84 Å². The topological polar surface area (TPSA) is 93.8 Å². The molecule has 2 aromatic rings. The number of carbonyl (C=O) groups is 1. The van der Waals surface area contributed by atoms with Crippen LogP contribution in [0.5, 0.6) is 0 Å². The molecule has 0 aliphatic carbocycles. The molecule has 0 heterocycles. The van der Waals surface area contributed by atoms with E-state index in [-0.39, 0.29) is 12.3 Å². The van der Waals surface area contributed by atoms with E-state index in [0.29, 0.717) is 5.69 Å². The molecule has 1 amide bonds. The number of hydrogen-bond acceptors (Lipinski definition) is 5. The fourth-order valence-corrected chi connectivity index (χ4v) is 1.82. The third-order valence-corrected chi connectivity index (χ3v) is 2.99. The summed E-state index contributed by atoms with van der Waals surface area (Å²) < 4.78 is 0. The van der Waals surface area contributed by atoms with Crippen molar-refractivity contribution in [3.05, 3.63) is 69.8 Å². The Morgan fingerprint density at radius 2 is 2.09 bits per heavy atom. The van der Waals surface area contributed by atoms with Crippen molar-refractivity contribution in [2.45, 2.75) is 6.92 Å². The Labute approximate surface area is 132 Å². The second-order valence-corrected chi connectivity index (χ2v) is 4.72. The first-order valence-electron chi connectivity index (χ1n) is 6.81. The van der Waals surface area contributed by atoms with Gasteiger partial charge in [0.1, 0.15) is 0 Å². The summed E-state index contributed by atoms with van der Waals surface area (Å²) in [6.07, 6.45) is 1.52. The van der Waals surface area contributed by atoms with Gasteiger partial charge in [0.15, 0.2) is 6.61 Å². The highest BCUT2D eigenvalue weighted by Crippen LogP contribution is 2.16. The predicted octanol–water partition coefficient (Wildman–Crippen LogP) is 2.89. The average molecular weight is 313 g/mol. The molecule has 0 bridgehead atoms. The molecular formula is C16H15N3O4. The van der Waals surface area contributed by atoms with Crippen molar-refractivity contribution in [1.29, 1.82) is 0 Å². The van der Waals surface area contributed by atoms with Crippen molar-refractivity contribution in [3.8, 4) is 0 Å². The number of nitro benzene ring substituents is 1. The maximum absolute atomic E-state index is 11.7. The number of aryl methyl sites for hydroxylation is 1. The molecule has 2 rings (SSSR count). The largest absolute Gasteiger partial charge is 0.386 e. The molecule has 7 nitrogen and oxygen atoms in total. The number of amides is 1. The van der Waals surface area contributed by atoms with E-state index in [0.717, 1.165) is 11.1 Å². The summed E-state index contributed by atoms with van der Waals surface area (Å²) in [6, 6.07) is 13.3. The minimum atomic E-state index is -0.529. The van der Waals surface area contributed by atoms with Crippen LogP contribution in [0.4, 0.5) is 11.4 Å². The number of non-ortho nitro benzene ring substituents is 1. The molecule has 0 radical (unpaired) electrons. The summed E-state index contributed by atoms with van der Waals surface area (Å²) >= 11 is 0. The van der Waals surface area contributed by atoms with Crippen molar-refractivity contribution in [2.24, 2.45) is 5.16 Å². The Balaban J connectivity index is 1.85. The maximum atomic E-state index is 11.7. The molecule has 0 saturated carbocycles. The van der Waals surface area contributed by atoms with Crippen molar-refractivity contribution in [3.63, 3.8) is 0 Å². The van der Waals surface area contributed by atoms with Crippen molar-refractivity contribution in [1.82, 2.24) is 0 Å². The molecule has 0 aliphatic heterocycles. The summed E-state index contributed by atoms with van der Waals surface area (Å²) in [4.78, 5) is 26.8. The van der Waals surface area contributed by atoms with Crippen LogP contribution in [0.25, 0.3) is 0 Å². The zero-order valence-corrected chi connectivity index (χ0v) is 12.4. The molecular weight excluding hydrogens is 298 g/mol. The van der Waals surface area contributed by atoms with Gasteiger partial charge >= 0.3 is 0 Å². The number of nitro groups is 1. The lowest BCUT2D eigenvalue weighted by Crippen LogP contribution is -2.17. The number of hydrogen-bond donors (Lipinski definition) is 1. The molecule has 118 valence electrons. The summed E-state index contributed by atoms with van der Waals surface area (Å²) in [5.41, 5.74) is 2.17. The molecule has 23 heavy (non-hydrogen) atoms. The molecule has 0 atom stereocenters. The highest BCUT2D eigenvalue weighted by Gasteiger charge is 2.08. The molecule has 0 aromatic heterocycles. The van der Waals surface area contributed by atoms with Crippen LogP contribution in [0, 0.1) is 17.0 Å². The van der Waals surface area contributed by atoms with Crippen LogP contribution >= 0.6 is 0 Å². The number of benzene rings is 2. The summed E-state index contributed by atoms with van der Waals surface area (Å²) in [7, 11) is 0. The maximum Gasteiger partial charge on any atom is 0.271 e. The van der Waals surface area contributed by atoms with Crippen molar-refractivity contribution in [2.75, 3.05) is 11.9 Å². The first-order valence-corrected chi connectivity index (χ1v) is 6.81. The van der Waals surface area contributed by atoms with Gasteiger partial charge in [0.2, 0.25) is 0 Å². The Hall–Kier alpha value is -3.22. The third kappa shape index (κ3) is 4.92. The van der Waals surface area contributed by atoms with E-state index in [1.165, 1.54) is 24.4 Å². The van der Waals surface area contributed by atoms with E-state index in [9.17, 15) is 14.9 Å². The number of nitrogens with one attached hydrogen (secondary N) is 1. The van der Waals surface area contributed by atoms with Gasteiger partial charge in [0.05, 0.1) is 11.1 Å². The van der Waals surface area contributed by atoms with Crippen LogP contribution in [0.3, 0.4) is 0 Å². The minimum Gasteiger partial charge on any atom is -0.386 e. The van der Waals surface area contributed by atoms with E-state index in [2.05, 4.69) is 10.5 Å². The van der Waals surface area contributed by atoms with Gasteiger partial charge in [0, 0.05) is 17.8 Å². The number of carbonyl (C=O) groups excluding carboxylic acids is 1. The zero-order valence-electron chi connectivity index (χ0n) is 12.4. The highest BCUT2D eigenvalue weighted by atomic mass is 16.6. The Morgan fingerprint density at radius 3 is 2.83 bits per heavy atom. The van der Waals surface area contributed by atoms with Crippen LogP contribution in [0.1, 0.15) is 11.1 Å². The molecule has 1 N–H and O–H groups in total. The van der Waals surface area contributed by atoms with E-state index in [1.807, 2.05) is 31.2 Å². The Kier molecular flexibility index (Phi) is 5.40. The molecule has 0 unspecified atom stereocenters. The smallest absolute Gasteiger partial charge is 0.271 e. The van der Waals surface area contributed by atoms with E-state index < -0.39 is 10.8 Å². The minimum absolute atomic E-state index is 0.0960. The van der Waals surface area contributed by atoms with Gasteiger partial charge < -0.3 is 10.2 Å². The predicted molar refractivity (Wildman–Crippen MR) is 86.5 cm³/mol. The zero-order chi connectivity index (χ0) is 16.7. The standard InChI is InChI=1S/C16H15N3O4/c1-12-5-2-3-6-13(12)10-17-23-11-16(20)18-14-7-4-8-15(9-14)19(21)22/h2-10H,11H2,1H3,(H,18,20)/b17-10-. The monoisotopic (exact) mass is 313 g/mol. The first-order chi connectivity index (χ1) is 11.1. The Morgan fingerprint density at radius 1 is 1.30 bits per heavy atom. The van der Waals surface area contributed by atoms with Crippen LogP contribution in [-0.4, -0.2) is 23.7 Å².